The maximum Gasteiger partial charge on any atom is 0.190 e. The molecule has 0 heterocycles. The summed E-state index contributed by atoms with van der Waals surface area (Å²) in [5.41, 5.74) is 1.30. The van der Waals surface area contributed by atoms with Crippen LogP contribution in [0, 0.1) is 29.2 Å². The lowest BCUT2D eigenvalue weighted by Crippen LogP contribution is -2.20. The van der Waals surface area contributed by atoms with Crippen LogP contribution in [0.25, 0.3) is 0 Å². The van der Waals surface area contributed by atoms with Gasteiger partial charge >= 0.3 is 0 Å². The summed E-state index contributed by atoms with van der Waals surface area (Å²) in [6.45, 7) is 2.19. The van der Waals surface area contributed by atoms with Crippen molar-refractivity contribution in [3.05, 3.63) is 64.7 Å². The molecule has 0 atom stereocenters. The lowest BCUT2D eigenvalue weighted by molar-refractivity contribution is 0.187. The zero-order valence-electron chi connectivity index (χ0n) is 15.4. The smallest absolute Gasteiger partial charge is 0.190 e. The lowest BCUT2D eigenvalue weighted by atomic mass is 9.79. The second-order valence-electron chi connectivity index (χ2n) is 7.37. The fraction of sp³-hybridized carbons (Fsp3) is 0.455. The summed E-state index contributed by atoms with van der Waals surface area (Å²) < 4.78 is 60.5. The van der Waals surface area contributed by atoms with Crippen LogP contribution in [0.1, 0.15) is 56.1 Å². The zero-order valence-corrected chi connectivity index (χ0v) is 15.4. The fourth-order valence-corrected chi connectivity index (χ4v) is 3.86. The van der Waals surface area contributed by atoms with Gasteiger partial charge in [-0.25, -0.2) is 17.6 Å². The van der Waals surface area contributed by atoms with Gasteiger partial charge in [0.25, 0.3) is 0 Å². The van der Waals surface area contributed by atoms with Gasteiger partial charge in [-0.1, -0.05) is 13.3 Å². The lowest BCUT2D eigenvalue weighted by Gasteiger charge is -2.29. The molecule has 0 unspecified atom stereocenters. The van der Waals surface area contributed by atoms with Crippen molar-refractivity contribution in [3.8, 4) is 5.75 Å². The topological polar surface area (TPSA) is 9.23 Å². The van der Waals surface area contributed by atoms with Crippen molar-refractivity contribution < 1.29 is 22.3 Å². The van der Waals surface area contributed by atoms with Crippen molar-refractivity contribution in [1.29, 1.82) is 0 Å². The summed E-state index contributed by atoms with van der Waals surface area (Å²) in [6.07, 6.45) is 4.57. The molecular weight excluding hydrogens is 356 g/mol. The van der Waals surface area contributed by atoms with Crippen molar-refractivity contribution in [2.75, 3.05) is 6.61 Å². The van der Waals surface area contributed by atoms with E-state index in [0.29, 0.717) is 17.5 Å². The second-order valence-corrected chi connectivity index (χ2v) is 7.37. The molecule has 27 heavy (non-hydrogen) atoms. The van der Waals surface area contributed by atoms with E-state index in [1.165, 1.54) is 24.3 Å². The highest BCUT2D eigenvalue weighted by Gasteiger charge is 2.24. The highest BCUT2D eigenvalue weighted by Crippen LogP contribution is 2.37. The molecule has 1 aliphatic carbocycles. The molecule has 0 N–H and O–H groups in total. The first-order valence-corrected chi connectivity index (χ1v) is 9.53. The third kappa shape index (κ3) is 5.02. The molecule has 3 rings (SSSR count). The number of benzene rings is 2. The Morgan fingerprint density at radius 1 is 0.852 bits per heavy atom. The summed E-state index contributed by atoms with van der Waals surface area (Å²) in [5, 5.41) is 0. The number of ether oxygens (including phenoxy) is 1. The van der Waals surface area contributed by atoms with E-state index in [9.17, 15) is 17.6 Å². The first-order chi connectivity index (χ1) is 13.0. The Kier molecular flexibility index (Phi) is 6.40. The molecule has 1 nitrogen and oxygen atoms in total. The van der Waals surface area contributed by atoms with Gasteiger partial charge in [0.05, 0.1) is 6.61 Å². The molecule has 0 radical (unpaired) electrons. The molecule has 0 aliphatic heterocycles. The van der Waals surface area contributed by atoms with Gasteiger partial charge in [0, 0.05) is 6.07 Å². The molecule has 0 saturated heterocycles. The minimum Gasteiger partial charge on any atom is -0.487 e. The van der Waals surface area contributed by atoms with Crippen LogP contribution in [-0.2, 0) is 6.42 Å². The molecule has 1 fully saturated rings. The van der Waals surface area contributed by atoms with E-state index in [0.717, 1.165) is 38.2 Å². The van der Waals surface area contributed by atoms with Gasteiger partial charge in [-0.05, 0) is 79.3 Å². The molecule has 146 valence electrons. The number of rotatable bonds is 6. The Labute approximate surface area is 157 Å². The van der Waals surface area contributed by atoms with Crippen LogP contribution in [0.4, 0.5) is 17.6 Å². The Hall–Kier alpha value is -2.04. The van der Waals surface area contributed by atoms with E-state index >= 15 is 0 Å². The van der Waals surface area contributed by atoms with E-state index in [-0.39, 0.29) is 24.2 Å². The van der Waals surface area contributed by atoms with E-state index in [1.54, 1.807) is 0 Å². The summed E-state index contributed by atoms with van der Waals surface area (Å²) in [4.78, 5) is 0. The normalized spacial score (nSPS) is 19.9. The fourth-order valence-electron chi connectivity index (χ4n) is 3.86. The molecule has 0 aromatic heterocycles. The number of halogens is 4. The van der Waals surface area contributed by atoms with Crippen LogP contribution in [0.5, 0.6) is 5.75 Å². The van der Waals surface area contributed by atoms with E-state index in [4.69, 9.17) is 4.74 Å². The molecule has 0 amide bonds. The van der Waals surface area contributed by atoms with E-state index in [1.807, 2.05) is 6.92 Å². The van der Waals surface area contributed by atoms with E-state index in [2.05, 4.69) is 0 Å². The number of aryl methyl sites for hydroxylation is 1. The Morgan fingerprint density at radius 2 is 1.44 bits per heavy atom. The van der Waals surface area contributed by atoms with Crippen LogP contribution in [0.2, 0.25) is 0 Å². The number of hydrogen-bond acceptors (Lipinski definition) is 1. The van der Waals surface area contributed by atoms with Crippen molar-refractivity contribution in [2.24, 2.45) is 5.92 Å². The van der Waals surface area contributed by atoms with Gasteiger partial charge in [-0.3, -0.25) is 0 Å². The van der Waals surface area contributed by atoms with Gasteiger partial charge in [-0.15, -0.1) is 0 Å². The van der Waals surface area contributed by atoms with Crippen LogP contribution >= 0.6 is 0 Å². The van der Waals surface area contributed by atoms with Gasteiger partial charge in [-0.2, -0.15) is 0 Å². The SMILES string of the molecule is CCCc1cc(F)c(OCC2CCC(c3cc(F)cc(F)c3)CC2)c(F)c1. The molecular formula is C22H24F4O. The van der Waals surface area contributed by atoms with Gasteiger partial charge in [0.1, 0.15) is 11.6 Å². The highest BCUT2D eigenvalue weighted by atomic mass is 19.1. The van der Waals surface area contributed by atoms with E-state index < -0.39 is 23.3 Å². The largest absolute Gasteiger partial charge is 0.487 e. The standard InChI is InChI=1S/C22H24F4O/c1-2-3-15-8-20(25)22(21(26)9-15)27-13-14-4-6-16(7-5-14)17-10-18(23)12-19(24)11-17/h8-12,14,16H,2-7,13H2,1H3. The molecule has 2 aromatic carbocycles. The maximum absolute atomic E-state index is 14.1. The Bertz CT molecular complexity index is 739. The monoisotopic (exact) mass is 380 g/mol. The van der Waals surface area contributed by atoms with Crippen molar-refractivity contribution in [3.63, 3.8) is 0 Å². The van der Waals surface area contributed by atoms with Crippen molar-refractivity contribution in [2.45, 2.75) is 51.4 Å². The summed E-state index contributed by atoms with van der Waals surface area (Å²) in [7, 11) is 0. The van der Waals surface area contributed by atoms with Crippen LogP contribution in [0.15, 0.2) is 30.3 Å². The quantitative estimate of drug-likeness (QED) is 0.517. The maximum atomic E-state index is 14.1. The van der Waals surface area contributed by atoms with Gasteiger partial charge < -0.3 is 4.74 Å². The minimum absolute atomic E-state index is 0.105. The second kappa shape index (κ2) is 8.77. The molecule has 5 heteroatoms. The molecule has 1 aliphatic rings. The van der Waals surface area contributed by atoms with Crippen molar-refractivity contribution >= 4 is 0 Å². The van der Waals surface area contributed by atoms with Gasteiger partial charge in [0.2, 0.25) is 0 Å². The molecule has 1 saturated carbocycles. The summed E-state index contributed by atoms with van der Waals surface area (Å²) >= 11 is 0. The molecule has 2 aromatic rings. The Morgan fingerprint density at radius 3 is 2.00 bits per heavy atom. The van der Waals surface area contributed by atoms with Crippen LogP contribution in [-0.4, -0.2) is 6.61 Å². The predicted molar refractivity (Wildman–Crippen MR) is 96.9 cm³/mol. The molecule has 0 bridgehead atoms. The predicted octanol–water partition coefficient (Wildman–Crippen LogP) is 6.55. The van der Waals surface area contributed by atoms with Crippen molar-refractivity contribution in [1.82, 2.24) is 0 Å². The minimum atomic E-state index is -0.664. The number of hydrogen-bond donors (Lipinski definition) is 0. The summed E-state index contributed by atoms with van der Waals surface area (Å²) in [6, 6.07) is 6.30. The van der Waals surface area contributed by atoms with Crippen LogP contribution < -0.4 is 4.74 Å². The highest BCUT2D eigenvalue weighted by molar-refractivity contribution is 5.31. The third-order valence-corrected chi connectivity index (χ3v) is 5.26. The average Bonchev–Trinajstić information content (AvgIpc) is 2.61. The zero-order chi connectivity index (χ0) is 19.4. The van der Waals surface area contributed by atoms with Gasteiger partial charge in [0.15, 0.2) is 17.4 Å². The first-order valence-electron chi connectivity index (χ1n) is 9.53. The average molecular weight is 380 g/mol. The van der Waals surface area contributed by atoms with Crippen LogP contribution in [0.3, 0.4) is 0 Å². The molecule has 0 spiro atoms. The first kappa shape index (κ1) is 19.7. The Balaban J connectivity index is 1.55. The summed E-state index contributed by atoms with van der Waals surface area (Å²) in [5.74, 6) is -2.49. The third-order valence-electron chi connectivity index (χ3n) is 5.26.